The van der Waals surface area contributed by atoms with Gasteiger partial charge in [-0.25, -0.2) is 0 Å². The number of amides is 1. The van der Waals surface area contributed by atoms with Crippen LogP contribution in [0.15, 0.2) is 22.9 Å². The largest absolute Gasteiger partial charge is 0.340 e. The zero-order chi connectivity index (χ0) is 12.3. The number of halogens is 1. The minimum atomic E-state index is 0.0208. The van der Waals surface area contributed by atoms with Crippen LogP contribution in [0.4, 0.5) is 0 Å². The van der Waals surface area contributed by atoms with E-state index in [0.717, 1.165) is 24.0 Å². The Kier molecular flexibility index (Phi) is 4.12. The first-order chi connectivity index (χ1) is 8.16. The van der Waals surface area contributed by atoms with Gasteiger partial charge in [0, 0.05) is 36.5 Å². The summed E-state index contributed by atoms with van der Waals surface area (Å²) in [5.74, 6) is 0.0208. The number of aromatic nitrogens is 1. The number of carbonyl (C=O) groups is 1. The van der Waals surface area contributed by atoms with Crippen LogP contribution >= 0.6 is 15.9 Å². The Morgan fingerprint density at radius 1 is 1.65 bits per heavy atom. The number of hydrogen-bond donors (Lipinski definition) is 1. The standard InChI is InChI=1S/C12H16BrN3O/c1-16(8-11-3-2-4-15-11)12(17)9-5-10(13)7-14-6-9/h5-7,11,15H,2-4,8H2,1H3. The highest BCUT2D eigenvalue weighted by atomic mass is 79.9. The van der Waals surface area contributed by atoms with Crippen LogP contribution in [-0.2, 0) is 0 Å². The van der Waals surface area contributed by atoms with E-state index in [0.29, 0.717) is 11.6 Å². The maximum Gasteiger partial charge on any atom is 0.255 e. The topological polar surface area (TPSA) is 45.2 Å². The summed E-state index contributed by atoms with van der Waals surface area (Å²) in [5.41, 5.74) is 0.625. The van der Waals surface area contributed by atoms with Crippen molar-refractivity contribution in [3.8, 4) is 0 Å². The molecule has 1 aliphatic heterocycles. The molecule has 0 aromatic carbocycles. The molecule has 0 saturated carbocycles. The normalized spacial score (nSPS) is 19.3. The quantitative estimate of drug-likeness (QED) is 0.923. The van der Waals surface area contributed by atoms with Crippen LogP contribution < -0.4 is 5.32 Å². The van der Waals surface area contributed by atoms with Gasteiger partial charge in [-0.05, 0) is 41.4 Å². The predicted molar refractivity (Wildman–Crippen MR) is 69.9 cm³/mol. The molecule has 1 fully saturated rings. The molecule has 0 bridgehead atoms. The number of rotatable bonds is 3. The number of likely N-dealkylation sites (N-methyl/N-ethyl adjacent to an activating group) is 1. The molecular formula is C12H16BrN3O. The van der Waals surface area contributed by atoms with Gasteiger partial charge in [0.2, 0.25) is 0 Å². The monoisotopic (exact) mass is 297 g/mol. The van der Waals surface area contributed by atoms with E-state index < -0.39 is 0 Å². The number of carbonyl (C=O) groups excluding carboxylic acids is 1. The Morgan fingerprint density at radius 3 is 3.12 bits per heavy atom. The maximum absolute atomic E-state index is 12.1. The fourth-order valence-electron chi connectivity index (χ4n) is 2.08. The summed E-state index contributed by atoms with van der Waals surface area (Å²) >= 11 is 3.32. The number of pyridine rings is 1. The lowest BCUT2D eigenvalue weighted by Crippen LogP contribution is -2.38. The van der Waals surface area contributed by atoms with Gasteiger partial charge >= 0.3 is 0 Å². The number of nitrogens with one attached hydrogen (secondary N) is 1. The van der Waals surface area contributed by atoms with E-state index in [9.17, 15) is 4.79 Å². The molecular weight excluding hydrogens is 282 g/mol. The van der Waals surface area contributed by atoms with Gasteiger partial charge in [-0.3, -0.25) is 9.78 Å². The van der Waals surface area contributed by atoms with E-state index in [1.54, 1.807) is 23.4 Å². The molecule has 2 rings (SSSR count). The SMILES string of the molecule is CN(CC1CCCN1)C(=O)c1cncc(Br)c1. The molecule has 17 heavy (non-hydrogen) atoms. The first-order valence-corrected chi connectivity index (χ1v) is 6.55. The fourth-order valence-corrected chi connectivity index (χ4v) is 2.44. The third kappa shape index (κ3) is 3.26. The van der Waals surface area contributed by atoms with Crippen LogP contribution in [0.1, 0.15) is 23.2 Å². The molecule has 0 radical (unpaired) electrons. The van der Waals surface area contributed by atoms with Gasteiger partial charge in [0.05, 0.1) is 5.56 Å². The lowest BCUT2D eigenvalue weighted by molar-refractivity contribution is 0.0783. The molecule has 4 nitrogen and oxygen atoms in total. The van der Waals surface area contributed by atoms with Gasteiger partial charge < -0.3 is 10.2 Å². The van der Waals surface area contributed by atoms with Crippen molar-refractivity contribution >= 4 is 21.8 Å². The number of nitrogens with zero attached hydrogens (tertiary/aromatic N) is 2. The molecule has 1 aromatic rings. The first kappa shape index (κ1) is 12.5. The van der Waals surface area contributed by atoms with E-state index in [-0.39, 0.29) is 5.91 Å². The summed E-state index contributed by atoms with van der Waals surface area (Å²) in [4.78, 5) is 17.9. The average Bonchev–Trinajstić information content (AvgIpc) is 2.80. The van der Waals surface area contributed by atoms with Gasteiger partial charge in [-0.1, -0.05) is 0 Å². The zero-order valence-corrected chi connectivity index (χ0v) is 11.4. The van der Waals surface area contributed by atoms with Crippen LogP contribution in [0.5, 0.6) is 0 Å². The van der Waals surface area contributed by atoms with E-state index in [2.05, 4.69) is 26.2 Å². The highest BCUT2D eigenvalue weighted by Gasteiger charge is 2.19. The molecule has 1 unspecified atom stereocenters. The third-order valence-electron chi connectivity index (χ3n) is 2.96. The summed E-state index contributed by atoms with van der Waals surface area (Å²) in [5, 5.41) is 3.39. The maximum atomic E-state index is 12.1. The smallest absolute Gasteiger partial charge is 0.255 e. The summed E-state index contributed by atoms with van der Waals surface area (Å²) in [7, 11) is 1.84. The van der Waals surface area contributed by atoms with Crippen molar-refractivity contribution in [3.63, 3.8) is 0 Å². The summed E-state index contributed by atoms with van der Waals surface area (Å²) in [6, 6.07) is 2.23. The predicted octanol–water partition coefficient (Wildman–Crippen LogP) is 1.67. The lowest BCUT2D eigenvalue weighted by atomic mass is 10.2. The van der Waals surface area contributed by atoms with Crippen molar-refractivity contribution < 1.29 is 4.79 Å². The minimum Gasteiger partial charge on any atom is -0.340 e. The van der Waals surface area contributed by atoms with Crippen molar-refractivity contribution in [1.29, 1.82) is 0 Å². The first-order valence-electron chi connectivity index (χ1n) is 5.76. The molecule has 1 atom stereocenters. The van der Waals surface area contributed by atoms with Gasteiger partial charge in [0.15, 0.2) is 0 Å². The molecule has 1 amide bonds. The van der Waals surface area contributed by atoms with Crippen LogP contribution in [0.25, 0.3) is 0 Å². The van der Waals surface area contributed by atoms with Crippen molar-refractivity contribution in [2.24, 2.45) is 0 Å². The summed E-state index contributed by atoms with van der Waals surface area (Å²) in [6.07, 6.45) is 5.63. The zero-order valence-electron chi connectivity index (χ0n) is 9.82. The Balaban J connectivity index is 1.98. The molecule has 1 aromatic heterocycles. The molecule has 2 heterocycles. The van der Waals surface area contributed by atoms with Gasteiger partial charge in [0.25, 0.3) is 5.91 Å². The Hall–Kier alpha value is -0.940. The van der Waals surface area contributed by atoms with E-state index in [1.807, 2.05) is 7.05 Å². The van der Waals surface area contributed by atoms with Gasteiger partial charge in [-0.15, -0.1) is 0 Å². The summed E-state index contributed by atoms with van der Waals surface area (Å²) < 4.78 is 0.829. The van der Waals surface area contributed by atoms with Gasteiger partial charge in [-0.2, -0.15) is 0 Å². The van der Waals surface area contributed by atoms with E-state index >= 15 is 0 Å². The minimum absolute atomic E-state index is 0.0208. The third-order valence-corrected chi connectivity index (χ3v) is 3.39. The molecule has 1 saturated heterocycles. The van der Waals surface area contributed by atoms with E-state index in [1.165, 1.54) is 6.42 Å². The second-order valence-corrected chi connectivity index (χ2v) is 5.29. The molecule has 1 N–H and O–H groups in total. The molecule has 92 valence electrons. The lowest BCUT2D eigenvalue weighted by Gasteiger charge is -2.21. The highest BCUT2D eigenvalue weighted by Crippen LogP contribution is 2.12. The Morgan fingerprint density at radius 2 is 2.47 bits per heavy atom. The van der Waals surface area contributed by atoms with Crippen molar-refractivity contribution in [2.45, 2.75) is 18.9 Å². The van der Waals surface area contributed by atoms with Gasteiger partial charge in [0.1, 0.15) is 0 Å². The van der Waals surface area contributed by atoms with Crippen molar-refractivity contribution in [3.05, 3.63) is 28.5 Å². The van der Waals surface area contributed by atoms with Crippen molar-refractivity contribution in [1.82, 2.24) is 15.2 Å². The van der Waals surface area contributed by atoms with Crippen LogP contribution in [0.3, 0.4) is 0 Å². The summed E-state index contributed by atoms with van der Waals surface area (Å²) in [6.45, 7) is 1.82. The highest BCUT2D eigenvalue weighted by molar-refractivity contribution is 9.10. The van der Waals surface area contributed by atoms with Crippen LogP contribution in [0.2, 0.25) is 0 Å². The fraction of sp³-hybridized carbons (Fsp3) is 0.500. The molecule has 0 spiro atoms. The second kappa shape index (κ2) is 5.60. The molecule has 5 heteroatoms. The van der Waals surface area contributed by atoms with E-state index in [4.69, 9.17) is 0 Å². The van der Waals surface area contributed by atoms with Crippen LogP contribution in [0, 0.1) is 0 Å². The molecule has 0 aliphatic carbocycles. The van der Waals surface area contributed by atoms with Crippen LogP contribution in [-0.4, -0.2) is 42.0 Å². The van der Waals surface area contributed by atoms with Crippen molar-refractivity contribution in [2.75, 3.05) is 20.1 Å². The average molecular weight is 298 g/mol. The second-order valence-electron chi connectivity index (χ2n) is 4.37. The molecule has 1 aliphatic rings. The Labute approximate surface area is 110 Å². The number of hydrogen-bond acceptors (Lipinski definition) is 3. The Bertz CT molecular complexity index is 404.